The fourth-order valence-electron chi connectivity index (χ4n) is 4.25. The van der Waals surface area contributed by atoms with E-state index in [0.29, 0.717) is 26.3 Å². The summed E-state index contributed by atoms with van der Waals surface area (Å²) in [5.74, 6) is 0.232. The van der Waals surface area contributed by atoms with Gasteiger partial charge in [-0.3, -0.25) is 14.5 Å². The van der Waals surface area contributed by atoms with Gasteiger partial charge < -0.3 is 10.6 Å². The standard InChI is InChI=1S/C21H28N4O3/c1-21(17-7-8-17)19(27)25(20(28)23-21)14-24-11-9-16(10-12-24)18(26)22-13-15-5-3-2-4-6-15/h2-6,16-17H,7-14H2,1H3,(H,22,26)(H,23,28)/t21-/m1/s1. The molecule has 1 atom stereocenters. The quantitative estimate of drug-likeness (QED) is 0.732. The molecule has 28 heavy (non-hydrogen) atoms. The highest BCUT2D eigenvalue weighted by Gasteiger charge is 2.56. The molecule has 4 amide bonds. The summed E-state index contributed by atoms with van der Waals surface area (Å²) in [6.07, 6.45) is 3.48. The number of benzene rings is 1. The highest BCUT2D eigenvalue weighted by atomic mass is 16.2. The van der Waals surface area contributed by atoms with Crippen molar-refractivity contribution >= 4 is 17.8 Å². The zero-order chi connectivity index (χ0) is 19.7. The van der Waals surface area contributed by atoms with Gasteiger partial charge in [0.15, 0.2) is 0 Å². The second-order valence-corrected chi connectivity index (χ2v) is 8.38. The van der Waals surface area contributed by atoms with E-state index < -0.39 is 5.54 Å². The minimum absolute atomic E-state index is 0.0141. The van der Waals surface area contributed by atoms with Crippen molar-refractivity contribution in [3.63, 3.8) is 0 Å². The molecule has 1 aromatic rings. The first-order chi connectivity index (χ1) is 13.5. The molecule has 1 aromatic carbocycles. The Balaban J connectivity index is 1.25. The van der Waals surface area contributed by atoms with Crippen LogP contribution in [0.3, 0.4) is 0 Å². The molecule has 3 aliphatic rings. The lowest BCUT2D eigenvalue weighted by atomic mass is 9.95. The van der Waals surface area contributed by atoms with Gasteiger partial charge in [0.25, 0.3) is 5.91 Å². The highest BCUT2D eigenvalue weighted by Crippen LogP contribution is 2.42. The van der Waals surface area contributed by atoms with Crippen LogP contribution >= 0.6 is 0 Å². The number of rotatable bonds is 6. The van der Waals surface area contributed by atoms with Crippen LogP contribution in [0.1, 0.15) is 38.2 Å². The topological polar surface area (TPSA) is 81.8 Å². The number of hydrogen-bond donors (Lipinski definition) is 2. The van der Waals surface area contributed by atoms with Gasteiger partial charge in [-0.25, -0.2) is 9.69 Å². The van der Waals surface area contributed by atoms with Crippen molar-refractivity contribution in [1.29, 1.82) is 0 Å². The number of carbonyl (C=O) groups excluding carboxylic acids is 3. The van der Waals surface area contributed by atoms with Crippen LogP contribution in [0.2, 0.25) is 0 Å². The molecule has 7 heteroatoms. The van der Waals surface area contributed by atoms with Crippen LogP contribution in [-0.4, -0.2) is 52.9 Å². The van der Waals surface area contributed by atoms with Crippen LogP contribution < -0.4 is 10.6 Å². The normalized spacial score (nSPS) is 26.4. The average Bonchev–Trinajstić information content (AvgIpc) is 3.53. The molecule has 1 saturated carbocycles. The molecular weight excluding hydrogens is 356 g/mol. The number of urea groups is 1. The van der Waals surface area contributed by atoms with Gasteiger partial charge in [0.2, 0.25) is 5.91 Å². The summed E-state index contributed by atoms with van der Waals surface area (Å²) in [5.41, 5.74) is 0.359. The Bertz CT molecular complexity index is 756. The van der Waals surface area contributed by atoms with Crippen LogP contribution in [0.4, 0.5) is 4.79 Å². The summed E-state index contributed by atoms with van der Waals surface area (Å²) >= 11 is 0. The molecule has 0 bridgehead atoms. The van der Waals surface area contributed by atoms with E-state index in [4.69, 9.17) is 0 Å². The van der Waals surface area contributed by atoms with Crippen LogP contribution in [0.25, 0.3) is 0 Å². The molecule has 7 nitrogen and oxygen atoms in total. The summed E-state index contributed by atoms with van der Waals surface area (Å²) in [7, 11) is 0. The molecule has 1 aliphatic carbocycles. The maximum atomic E-state index is 12.7. The summed E-state index contributed by atoms with van der Waals surface area (Å²) < 4.78 is 0. The predicted molar refractivity (Wildman–Crippen MR) is 104 cm³/mol. The number of piperidine rings is 1. The van der Waals surface area contributed by atoms with Crippen LogP contribution in [0, 0.1) is 11.8 Å². The monoisotopic (exact) mass is 384 g/mol. The van der Waals surface area contributed by atoms with Gasteiger partial charge in [-0.2, -0.15) is 0 Å². The van der Waals surface area contributed by atoms with Crippen LogP contribution in [0.15, 0.2) is 30.3 Å². The number of imide groups is 1. The lowest BCUT2D eigenvalue weighted by Gasteiger charge is -2.33. The SMILES string of the molecule is C[C@]1(C2CC2)NC(=O)N(CN2CCC(C(=O)NCc3ccccc3)CC2)C1=O. The fourth-order valence-corrected chi connectivity index (χ4v) is 4.25. The number of hydrogen-bond acceptors (Lipinski definition) is 4. The summed E-state index contributed by atoms with van der Waals surface area (Å²) in [6, 6.07) is 9.59. The maximum Gasteiger partial charge on any atom is 0.326 e. The molecule has 0 aromatic heterocycles. The van der Waals surface area contributed by atoms with Crippen molar-refractivity contribution in [1.82, 2.24) is 20.4 Å². The van der Waals surface area contributed by atoms with Gasteiger partial charge in [-0.05, 0) is 44.1 Å². The molecule has 0 unspecified atom stereocenters. The molecule has 2 heterocycles. The van der Waals surface area contributed by atoms with Gasteiger partial charge in [0.1, 0.15) is 5.54 Å². The van der Waals surface area contributed by atoms with E-state index in [0.717, 1.165) is 31.2 Å². The second-order valence-electron chi connectivity index (χ2n) is 8.38. The van der Waals surface area contributed by atoms with Gasteiger partial charge in [-0.1, -0.05) is 30.3 Å². The van der Waals surface area contributed by atoms with Gasteiger partial charge in [0.05, 0.1) is 6.67 Å². The summed E-state index contributed by atoms with van der Waals surface area (Å²) in [4.78, 5) is 40.9. The number of likely N-dealkylation sites (tertiary alicyclic amines) is 1. The number of carbonyl (C=O) groups is 3. The molecule has 2 N–H and O–H groups in total. The molecular formula is C21H28N4O3. The van der Waals surface area contributed by atoms with Crippen molar-refractivity contribution in [2.24, 2.45) is 11.8 Å². The summed E-state index contributed by atoms with van der Waals surface area (Å²) in [5, 5.41) is 5.90. The van der Waals surface area contributed by atoms with Crippen molar-refractivity contribution in [2.45, 2.75) is 44.7 Å². The van der Waals surface area contributed by atoms with Crippen molar-refractivity contribution in [3.8, 4) is 0 Å². The third-order valence-electron chi connectivity index (χ3n) is 6.30. The zero-order valence-electron chi connectivity index (χ0n) is 16.3. The first-order valence-corrected chi connectivity index (χ1v) is 10.2. The molecule has 3 fully saturated rings. The molecule has 150 valence electrons. The van der Waals surface area contributed by atoms with E-state index in [1.54, 1.807) is 0 Å². The molecule has 2 aliphatic heterocycles. The second kappa shape index (κ2) is 7.54. The number of nitrogens with one attached hydrogen (secondary N) is 2. The third-order valence-corrected chi connectivity index (χ3v) is 6.30. The van der Waals surface area contributed by atoms with Gasteiger partial charge in [-0.15, -0.1) is 0 Å². The number of nitrogens with zero attached hydrogens (tertiary/aromatic N) is 2. The number of amides is 4. The Morgan fingerprint density at radius 2 is 1.82 bits per heavy atom. The first kappa shape index (κ1) is 18.9. The maximum absolute atomic E-state index is 12.7. The predicted octanol–water partition coefficient (Wildman–Crippen LogP) is 1.69. The Morgan fingerprint density at radius 1 is 1.14 bits per heavy atom. The molecule has 0 spiro atoms. The molecule has 4 rings (SSSR count). The van der Waals surface area contributed by atoms with E-state index >= 15 is 0 Å². The van der Waals surface area contributed by atoms with Crippen LogP contribution in [0.5, 0.6) is 0 Å². The first-order valence-electron chi connectivity index (χ1n) is 10.2. The van der Waals surface area contributed by atoms with Crippen molar-refractivity contribution in [2.75, 3.05) is 19.8 Å². The minimum Gasteiger partial charge on any atom is -0.352 e. The fraction of sp³-hybridized carbons (Fsp3) is 0.571. The van der Waals surface area contributed by atoms with E-state index in [2.05, 4.69) is 15.5 Å². The Kier molecular flexibility index (Phi) is 5.10. The zero-order valence-corrected chi connectivity index (χ0v) is 16.3. The van der Waals surface area contributed by atoms with Gasteiger partial charge >= 0.3 is 6.03 Å². The van der Waals surface area contributed by atoms with Crippen LogP contribution in [-0.2, 0) is 16.1 Å². The van der Waals surface area contributed by atoms with E-state index in [-0.39, 0.29) is 29.7 Å². The van der Waals surface area contributed by atoms with E-state index in [1.165, 1.54) is 4.90 Å². The average molecular weight is 384 g/mol. The molecule has 2 saturated heterocycles. The lowest BCUT2D eigenvalue weighted by Crippen LogP contribution is -2.49. The summed E-state index contributed by atoms with van der Waals surface area (Å²) in [6.45, 7) is 4.11. The van der Waals surface area contributed by atoms with Crippen molar-refractivity contribution < 1.29 is 14.4 Å². The lowest BCUT2D eigenvalue weighted by molar-refractivity contribution is -0.134. The minimum atomic E-state index is -0.729. The smallest absolute Gasteiger partial charge is 0.326 e. The Morgan fingerprint density at radius 3 is 2.46 bits per heavy atom. The molecule has 0 radical (unpaired) electrons. The highest BCUT2D eigenvalue weighted by molar-refractivity contribution is 6.07. The van der Waals surface area contributed by atoms with E-state index in [9.17, 15) is 14.4 Å². The van der Waals surface area contributed by atoms with E-state index in [1.807, 2.05) is 37.3 Å². The Hall–Kier alpha value is -2.41. The third kappa shape index (κ3) is 3.76. The Labute approximate surface area is 165 Å². The largest absolute Gasteiger partial charge is 0.352 e. The van der Waals surface area contributed by atoms with Crippen molar-refractivity contribution in [3.05, 3.63) is 35.9 Å². The van der Waals surface area contributed by atoms with Gasteiger partial charge in [0, 0.05) is 25.6 Å².